The van der Waals surface area contributed by atoms with Crippen LogP contribution in [0.4, 0.5) is 5.69 Å². The number of rotatable bonds is 8. The number of nitrogens with zero attached hydrogens (tertiary/aromatic N) is 1. The number of nitrogens with one attached hydrogen (secondary N) is 1. The summed E-state index contributed by atoms with van der Waals surface area (Å²) in [5.74, 6) is 1.52. The van der Waals surface area contributed by atoms with E-state index in [2.05, 4.69) is 5.32 Å². The van der Waals surface area contributed by atoms with Gasteiger partial charge in [-0.1, -0.05) is 0 Å². The summed E-state index contributed by atoms with van der Waals surface area (Å²) >= 11 is 0. The molecule has 0 saturated carbocycles. The maximum absolute atomic E-state index is 12.0. The van der Waals surface area contributed by atoms with Crippen molar-refractivity contribution < 1.29 is 18.7 Å². The number of amides is 2. The number of ether oxygens (including phenoxy) is 1. The molecular formula is C20H24N2O4. The van der Waals surface area contributed by atoms with E-state index in [1.54, 1.807) is 23.3 Å². The van der Waals surface area contributed by atoms with Gasteiger partial charge >= 0.3 is 0 Å². The van der Waals surface area contributed by atoms with Crippen LogP contribution >= 0.6 is 0 Å². The molecule has 1 fully saturated rings. The predicted octanol–water partition coefficient (Wildman–Crippen LogP) is 2.92. The number of carbonyl (C=O) groups is 2. The maximum Gasteiger partial charge on any atom is 0.258 e. The van der Waals surface area contributed by atoms with Crippen LogP contribution in [0, 0.1) is 0 Å². The van der Waals surface area contributed by atoms with E-state index in [-0.39, 0.29) is 24.5 Å². The van der Waals surface area contributed by atoms with Gasteiger partial charge in [-0.3, -0.25) is 9.59 Å². The van der Waals surface area contributed by atoms with Crippen LogP contribution in [0.3, 0.4) is 0 Å². The maximum atomic E-state index is 12.0. The number of anilines is 1. The van der Waals surface area contributed by atoms with Crippen LogP contribution in [0.25, 0.3) is 0 Å². The van der Waals surface area contributed by atoms with Gasteiger partial charge in [0.05, 0.1) is 6.26 Å². The van der Waals surface area contributed by atoms with Crippen molar-refractivity contribution in [3.63, 3.8) is 0 Å². The molecule has 1 atom stereocenters. The minimum atomic E-state index is -0.157. The average Bonchev–Trinajstić information content (AvgIpc) is 3.30. The van der Waals surface area contributed by atoms with Crippen molar-refractivity contribution in [1.29, 1.82) is 0 Å². The molecule has 1 unspecified atom stereocenters. The summed E-state index contributed by atoms with van der Waals surface area (Å²) in [5.41, 5.74) is 0.871. The summed E-state index contributed by atoms with van der Waals surface area (Å²) in [4.78, 5) is 25.5. The molecule has 3 rings (SSSR count). The first-order valence-corrected chi connectivity index (χ1v) is 8.97. The van der Waals surface area contributed by atoms with Gasteiger partial charge in [0.2, 0.25) is 5.91 Å². The monoisotopic (exact) mass is 356 g/mol. The minimum absolute atomic E-state index is 0.0346. The highest BCUT2D eigenvalue weighted by Crippen LogP contribution is 2.23. The van der Waals surface area contributed by atoms with Crippen LogP contribution in [-0.4, -0.2) is 31.0 Å². The van der Waals surface area contributed by atoms with Gasteiger partial charge in [-0.25, -0.2) is 0 Å². The SMILES string of the molecule is CC(CCc1ccco1)NC(=O)COc1ccc(N2CCCC2=O)cc1. The van der Waals surface area contributed by atoms with E-state index >= 15 is 0 Å². The van der Waals surface area contributed by atoms with Crippen molar-refractivity contribution in [2.24, 2.45) is 0 Å². The summed E-state index contributed by atoms with van der Waals surface area (Å²) in [6.07, 6.45) is 4.74. The molecule has 2 aromatic rings. The topological polar surface area (TPSA) is 71.8 Å². The Morgan fingerprint density at radius 1 is 1.31 bits per heavy atom. The Hall–Kier alpha value is -2.76. The first kappa shape index (κ1) is 18.0. The standard InChI is InChI=1S/C20H24N2O4/c1-15(6-9-17-4-3-13-25-17)21-19(23)14-26-18-10-7-16(8-11-18)22-12-2-5-20(22)24/h3-4,7-8,10-11,13,15H,2,5-6,9,12,14H2,1H3,(H,21,23). The van der Waals surface area contributed by atoms with E-state index in [0.717, 1.165) is 37.3 Å². The molecule has 1 saturated heterocycles. The van der Waals surface area contributed by atoms with Gasteiger partial charge in [0.15, 0.2) is 6.61 Å². The number of carbonyl (C=O) groups excluding carboxylic acids is 2. The number of furan rings is 1. The highest BCUT2D eigenvalue weighted by atomic mass is 16.5. The lowest BCUT2D eigenvalue weighted by molar-refractivity contribution is -0.123. The van der Waals surface area contributed by atoms with Crippen molar-refractivity contribution in [3.05, 3.63) is 48.4 Å². The van der Waals surface area contributed by atoms with E-state index in [0.29, 0.717) is 12.2 Å². The fourth-order valence-corrected chi connectivity index (χ4v) is 2.99. The van der Waals surface area contributed by atoms with Gasteiger partial charge in [-0.05, 0) is 56.2 Å². The second-order valence-electron chi connectivity index (χ2n) is 6.52. The lowest BCUT2D eigenvalue weighted by Gasteiger charge is -2.16. The third-order valence-corrected chi connectivity index (χ3v) is 4.40. The zero-order chi connectivity index (χ0) is 18.4. The van der Waals surface area contributed by atoms with Gasteiger partial charge < -0.3 is 19.4 Å². The number of aryl methyl sites for hydroxylation is 1. The normalized spacial score (nSPS) is 15.1. The third-order valence-electron chi connectivity index (χ3n) is 4.40. The Labute approximate surface area is 153 Å². The second kappa shape index (κ2) is 8.56. The van der Waals surface area contributed by atoms with E-state index in [4.69, 9.17) is 9.15 Å². The molecule has 6 heteroatoms. The molecule has 1 aromatic carbocycles. The fraction of sp³-hybridized carbons (Fsp3) is 0.400. The van der Waals surface area contributed by atoms with Gasteiger partial charge in [0.25, 0.3) is 5.91 Å². The van der Waals surface area contributed by atoms with Crippen LogP contribution in [-0.2, 0) is 16.0 Å². The molecule has 138 valence electrons. The average molecular weight is 356 g/mol. The first-order valence-electron chi connectivity index (χ1n) is 8.97. The van der Waals surface area contributed by atoms with Gasteiger partial charge in [-0.2, -0.15) is 0 Å². The van der Waals surface area contributed by atoms with E-state index in [1.165, 1.54) is 0 Å². The fourth-order valence-electron chi connectivity index (χ4n) is 2.99. The molecule has 1 N–H and O–H groups in total. The summed E-state index contributed by atoms with van der Waals surface area (Å²) in [6.45, 7) is 2.69. The van der Waals surface area contributed by atoms with Crippen molar-refractivity contribution in [1.82, 2.24) is 5.32 Å². The molecule has 26 heavy (non-hydrogen) atoms. The van der Waals surface area contributed by atoms with Crippen molar-refractivity contribution in [2.45, 2.75) is 38.6 Å². The molecule has 6 nitrogen and oxygen atoms in total. The van der Waals surface area contributed by atoms with Crippen LogP contribution in [0.1, 0.15) is 31.9 Å². The summed E-state index contributed by atoms with van der Waals surface area (Å²) in [5, 5.41) is 2.92. The predicted molar refractivity (Wildman–Crippen MR) is 98.2 cm³/mol. The van der Waals surface area contributed by atoms with Crippen LogP contribution in [0.5, 0.6) is 5.75 Å². The molecule has 1 aromatic heterocycles. The number of hydrogen-bond donors (Lipinski definition) is 1. The summed E-state index contributed by atoms with van der Waals surface area (Å²) in [6, 6.07) is 11.1. The second-order valence-corrected chi connectivity index (χ2v) is 6.52. The highest BCUT2D eigenvalue weighted by molar-refractivity contribution is 5.95. The number of hydrogen-bond acceptors (Lipinski definition) is 4. The van der Waals surface area contributed by atoms with E-state index < -0.39 is 0 Å². The largest absolute Gasteiger partial charge is 0.484 e. The van der Waals surface area contributed by atoms with Gasteiger partial charge in [0.1, 0.15) is 11.5 Å². The van der Waals surface area contributed by atoms with Gasteiger partial charge in [0, 0.05) is 31.1 Å². The van der Waals surface area contributed by atoms with Crippen LogP contribution in [0.15, 0.2) is 47.1 Å². The number of benzene rings is 1. The van der Waals surface area contributed by atoms with Crippen molar-refractivity contribution in [3.8, 4) is 5.75 Å². The molecule has 2 heterocycles. The Kier molecular flexibility index (Phi) is 5.94. The van der Waals surface area contributed by atoms with Crippen LogP contribution in [0.2, 0.25) is 0 Å². The van der Waals surface area contributed by atoms with Crippen molar-refractivity contribution in [2.75, 3.05) is 18.1 Å². The zero-order valence-electron chi connectivity index (χ0n) is 14.9. The lowest BCUT2D eigenvalue weighted by atomic mass is 10.1. The van der Waals surface area contributed by atoms with E-state index in [9.17, 15) is 9.59 Å². The highest BCUT2D eigenvalue weighted by Gasteiger charge is 2.21. The molecule has 0 aliphatic carbocycles. The molecule has 0 bridgehead atoms. The molecule has 0 radical (unpaired) electrons. The molecule has 0 spiro atoms. The molecule has 1 aliphatic heterocycles. The molecule has 1 aliphatic rings. The quantitative estimate of drug-likeness (QED) is 0.789. The molecular weight excluding hydrogens is 332 g/mol. The Balaban J connectivity index is 1.40. The Bertz CT molecular complexity index is 725. The third kappa shape index (κ3) is 4.88. The Morgan fingerprint density at radius 2 is 2.12 bits per heavy atom. The van der Waals surface area contributed by atoms with Crippen molar-refractivity contribution >= 4 is 17.5 Å². The smallest absolute Gasteiger partial charge is 0.258 e. The summed E-state index contributed by atoms with van der Waals surface area (Å²) < 4.78 is 10.8. The zero-order valence-corrected chi connectivity index (χ0v) is 14.9. The Morgan fingerprint density at radius 3 is 2.77 bits per heavy atom. The minimum Gasteiger partial charge on any atom is -0.484 e. The summed E-state index contributed by atoms with van der Waals surface area (Å²) in [7, 11) is 0. The molecule has 2 amide bonds. The van der Waals surface area contributed by atoms with Gasteiger partial charge in [-0.15, -0.1) is 0 Å². The first-order chi connectivity index (χ1) is 12.6. The van der Waals surface area contributed by atoms with E-state index in [1.807, 2.05) is 31.2 Å². The van der Waals surface area contributed by atoms with Crippen LogP contribution < -0.4 is 15.0 Å². The lowest BCUT2D eigenvalue weighted by Crippen LogP contribution is -2.36.